The molecule has 0 aromatic rings. The number of nitrogens with zero attached hydrogens (tertiary/aromatic N) is 2. The average molecular weight is 293 g/mol. The number of hydrogen-bond donors (Lipinski definition) is 1. The van der Waals surface area contributed by atoms with Crippen molar-refractivity contribution in [3.05, 3.63) is 0 Å². The first-order chi connectivity index (χ1) is 9.69. The van der Waals surface area contributed by atoms with Crippen LogP contribution in [-0.4, -0.2) is 60.1 Å². The molecule has 3 heteroatoms. The van der Waals surface area contributed by atoms with Crippen LogP contribution in [0.5, 0.6) is 0 Å². The Labute approximate surface area is 131 Å². The molecule has 3 nitrogen and oxygen atoms in total. The normalized spacial score (nSPS) is 38.6. The highest BCUT2D eigenvalue weighted by Crippen LogP contribution is 2.58. The number of piperidine rings is 1. The van der Waals surface area contributed by atoms with Crippen molar-refractivity contribution in [1.29, 1.82) is 0 Å². The fourth-order valence-electron chi connectivity index (χ4n) is 5.03. The topological polar surface area (TPSA) is 18.5 Å². The Kier molecular flexibility index (Phi) is 3.91. The Morgan fingerprint density at radius 3 is 2.14 bits per heavy atom. The first-order valence-electron chi connectivity index (χ1n) is 8.91. The monoisotopic (exact) mass is 293 g/mol. The Balaban J connectivity index is 1.78. The second-order valence-electron chi connectivity index (χ2n) is 9.57. The third-order valence-electron chi connectivity index (χ3n) is 5.76. The van der Waals surface area contributed by atoms with E-state index in [2.05, 4.69) is 56.7 Å². The summed E-state index contributed by atoms with van der Waals surface area (Å²) in [5.74, 6) is 1.83. The summed E-state index contributed by atoms with van der Waals surface area (Å²) in [7, 11) is 0. The molecule has 0 aromatic heterocycles. The van der Waals surface area contributed by atoms with Crippen LogP contribution in [0.4, 0.5) is 0 Å². The van der Waals surface area contributed by atoms with Crippen molar-refractivity contribution >= 4 is 0 Å². The second-order valence-corrected chi connectivity index (χ2v) is 9.57. The van der Waals surface area contributed by atoms with Gasteiger partial charge in [0.05, 0.1) is 0 Å². The zero-order valence-corrected chi connectivity index (χ0v) is 14.9. The minimum absolute atomic E-state index is 0.301. The van der Waals surface area contributed by atoms with Crippen LogP contribution in [0.1, 0.15) is 48.0 Å². The van der Waals surface area contributed by atoms with Gasteiger partial charge in [0.1, 0.15) is 0 Å². The van der Waals surface area contributed by atoms with E-state index < -0.39 is 0 Å². The van der Waals surface area contributed by atoms with Gasteiger partial charge in [-0.1, -0.05) is 20.8 Å². The molecule has 0 amide bonds. The maximum atomic E-state index is 3.48. The molecule has 4 atom stereocenters. The predicted octanol–water partition coefficient (Wildman–Crippen LogP) is 2.43. The third kappa shape index (κ3) is 3.02. The largest absolute Gasteiger partial charge is 0.314 e. The van der Waals surface area contributed by atoms with E-state index in [1.54, 1.807) is 0 Å². The van der Waals surface area contributed by atoms with Crippen molar-refractivity contribution in [1.82, 2.24) is 15.1 Å². The summed E-state index contributed by atoms with van der Waals surface area (Å²) in [6.45, 7) is 20.7. The molecule has 2 saturated heterocycles. The number of hydrogen-bond acceptors (Lipinski definition) is 3. The van der Waals surface area contributed by atoms with E-state index >= 15 is 0 Å². The van der Waals surface area contributed by atoms with Crippen LogP contribution in [0, 0.1) is 17.3 Å². The van der Waals surface area contributed by atoms with E-state index in [9.17, 15) is 0 Å². The molecule has 2 heterocycles. The van der Waals surface area contributed by atoms with Crippen molar-refractivity contribution < 1.29 is 0 Å². The summed E-state index contributed by atoms with van der Waals surface area (Å²) >= 11 is 0. The highest BCUT2D eigenvalue weighted by Gasteiger charge is 2.63. The lowest BCUT2D eigenvalue weighted by atomic mass is 9.76. The van der Waals surface area contributed by atoms with Crippen LogP contribution in [0.2, 0.25) is 0 Å². The summed E-state index contributed by atoms with van der Waals surface area (Å²) in [5, 5.41) is 3.48. The molecule has 0 aromatic carbocycles. The molecule has 1 aliphatic carbocycles. The zero-order chi connectivity index (χ0) is 15.4. The molecular weight excluding hydrogens is 258 g/mol. The van der Waals surface area contributed by atoms with E-state index in [1.807, 2.05) is 0 Å². The van der Waals surface area contributed by atoms with Crippen molar-refractivity contribution in [2.45, 2.75) is 65.6 Å². The number of fused-ring (bicyclic) bond motifs is 1. The molecule has 0 spiro atoms. The zero-order valence-electron chi connectivity index (χ0n) is 14.9. The van der Waals surface area contributed by atoms with Crippen LogP contribution in [0.25, 0.3) is 0 Å². The number of rotatable bonds is 2. The Hall–Kier alpha value is -0.120. The fraction of sp³-hybridized carbons (Fsp3) is 1.00. The van der Waals surface area contributed by atoms with Crippen molar-refractivity contribution in [2.24, 2.45) is 17.3 Å². The quantitative estimate of drug-likeness (QED) is 0.843. The smallest absolute Gasteiger partial charge is 0.0196 e. The molecule has 1 N–H and O–H groups in total. The van der Waals surface area contributed by atoms with Gasteiger partial charge >= 0.3 is 0 Å². The minimum Gasteiger partial charge on any atom is -0.314 e. The van der Waals surface area contributed by atoms with Gasteiger partial charge in [0.25, 0.3) is 0 Å². The van der Waals surface area contributed by atoms with Gasteiger partial charge in [-0.2, -0.15) is 0 Å². The van der Waals surface area contributed by atoms with Crippen molar-refractivity contribution in [3.8, 4) is 0 Å². The molecule has 0 bridgehead atoms. The summed E-state index contributed by atoms with van der Waals surface area (Å²) in [4.78, 5) is 5.59. The Morgan fingerprint density at radius 2 is 1.62 bits per heavy atom. The van der Waals surface area contributed by atoms with Crippen LogP contribution < -0.4 is 5.32 Å². The molecule has 3 fully saturated rings. The number of nitrogens with one attached hydrogen (secondary N) is 1. The maximum Gasteiger partial charge on any atom is 0.0196 e. The lowest BCUT2D eigenvalue weighted by molar-refractivity contribution is 0.00544. The lowest BCUT2D eigenvalue weighted by Crippen LogP contribution is -2.56. The van der Waals surface area contributed by atoms with Gasteiger partial charge in [-0.05, 0) is 44.4 Å². The summed E-state index contributed by atoms with van der Waals surface area (Å²) in [6.07, 6.45) is 1.45. The Bertz CT molecular complexity index is 373. The Morgan fingerprint density at radius 1 is 1.00 bits per heavy atom. The van der Waals surface area contributed by atoms with Gasteiger partial charge in [-0.15, -0.1) is 0 Å². The minimum atomic E-state index is 0.301. The molecule has 2 aliphatic heterocycles. The highest BCUT2D eigenvalue weighted by atomic mass is 15.3. The van der Waals surface area contributed by atoms with Crippen LogP contribution in [0.15, 0.2) is 0 Å². The van der Waals surface area contributed by atoms with Gasteiger partial charge in [-0.25, -0.2) is 0 Å². The van der Waals surface area contributed by atoms with Gasteiger partial charge in [0, 0.05) is 50.3 Å². The third-order valence-corrected chi connectivity index (χ3v) is 5.76. The molecule has 3 aliphatic rings. The first kappa shape index (κ1) is 15.8. The summed E-state index contributed by atoms with van der Waals surface area (Å²) < 4.78 is 0. The molecule has 122 valence electrons. The van der Waals surface area contributed by atoms with Gasteiger partial charge in [0.15, 0.2) is 0 Å². The molecule has 21 heavy (non-hydrogen) atoms. The van der Waals surface area contributed by atoms with Gasteiger partial charge < -0.3 is 10.2 Å². The SMILES string of the molecule is CC(C)(C)[C@@H]1C(CN2CCNCC2)C2CC2N1C(C)(C)C. The standard InChI is InChI=1S/C18H35N3/c1-17(2,3)16-14(12-20-9-7-19-8-10-20)13-11-15(13)21(16)18(4,5)6/h13-16,19H,7-12H2,1-6H3/t13?,14?,15?,16-/m0/s1. The highest BCUT2D eigenvalue weighted by molar-refractivity contribution is 5.16. The molecule has 1 saturated carbocycles. The molecular formula is C18H35N3. The van der Waals surface area contributed by atoms with E-state index in [0.29, 0.717) is 11.0 Å². The molecule has 0 radical (unpaired) electrons. The van der Waals surface area contributed by atoms with Crippen LogP contribution >= 0.6 is 0 Å². The van der Waals surface area contributed by atoms with E-state index in [0.717, 1.165) is 23.9 Å². The van der Waals surface area contributed by atoms with Gasteiger partial charge in [-0.3, -0.25) is 4.90 Å². The lowest BCUT2D eigenvalue weighted by Gasteiger charge is -2.48. The first-order valence-corrected chi connectivity index (χ1v) is 8.91. The average Bonchev–Trinajstić information content (AvgIpc) is 3.05. The van der Waals surface area contributed by atoms with E-state index in [-0.39, 0.29) is 0 Å². The summed E-state index contributed by atoms with van der Waals surface area (Å²) in [5.41, 5.74) is 0.676. The van der Waals surface area contributed by atoms with Crippen molar-refractivity contribution in [2.75, 3.05) is 32.7 Å². The summed E-state index contributed by atoms with van der Waals surface area (Å²) in [6, 6.07) is 1.60. The molecule has 3 rings (SSSR count). The predicted molar refractivity (Wildman–Crippen MR) is 89.5 cm³/mol. The van der Waals surface area contributed by atoms with Crippen LogP contribution in [-0.2, 0) is 0 Å². The number of likely N-dealkylation sites (tertiary alicyclic amines) is 1. The van der Waals surface area contributed by atoms with E-state index in [4.69, 9.17) is 0 Å². The maximum absolute atomic E-state index is 3.48. The van der Waals surface area contributed by atoms with Gasteiger partial charge in [0.2, 0.25) is 0 Å². The van der Waals surface area contributed by atoms with E-state index in [1.165, 1.54) is 39.1 Å². The number of piperazine rings is 1. The van der Waals surface area contributed by atoms with Crippen LogP contribution in [0.3, 0.4) is 0 Å². The fourth-order valence-corrected chi connectivity index (χ4v) is 5.03. The van der Waals surface area contributed by atoms with Crippen molar-refractivity contribution in [3.63, 3.8) is 0 Å². The molecule has 3 unspecified atom stereocenters. The second kappa shape index (κ2) is 5.21.